The zero-order valence-corrected chi connectivity index (χ0v) is 16.7. The van der Waals surface area contributed by atoms with E-state index in [0.717, 1.165) is 44.4 Å². The van der Waals surface area contributed by atoms with Crippen molar-refractivity contribution in [1.82, 2.24) is 15.5 Å². The van der Waals surface area contributed by atoms with E-state index < -0.39 is 5.60 Å². The molecule has 0 spiro atoms. The molecule has 0 amide bonds. The molecule has 0 aromatic rings. The lowest BCUT2D eigenvalue weighted by Gasteiger charge is -2.35. The van der Waals surface area contributed by atoms with Gasteiger partial charge in [-0.05, 0) is 45.4 Å². The molecular formula is C17H33IN4O. The number of nitrogens with zero attached hydrogens (tertiary/aromatic N) is 2. The van der Waals surface area contributed by atoms with Gasteiger partial charge in [-0.2, -0.15) is 0 Å². The minimum absolute atomic E-state index is 0. The number of aliphatic hydroxyl groups is 1. The molecular weight excluding hydrogens is 403 g/mol. The van der Waals surface area contributed by atoms with Crippen LogP contribution in [0.2, 0.25) is 0 Å². The summed E-state index contributed by atoms with van der Waals surface area (Å²) in [5, 5.41) is 17.1. The molecule has 23 heavy (non-hydrogen) atoms. The molecule has 0 radical (unpaired) electrons. The van der Waals surface area contributed by atoms with Crippen molar-refractivity contribution in [2.24, 2.45) is 4.99 Å². The van der Waals surface area contributed by atoms with Crippen molar-refractivity contribution in [2.75, 3.05) is 26.2 Å². The smallest absolute Gasteiger partial charge is 0.191 e. The number of hydrogen-bond acceptors (Lipinski definition) is 3. The zero-order valence-electron chi connectivity index (χ0n) is 14.4. The Bertz CT molecular complexity index is 394. The van der Waals surface area contributed by atoms with Crippen LogP contribution in [0.25, 0.3) is 0 Å². The summed E-state index contributed by atoms with van der Waals surface area (Å²) in [6, 6.07) is 1.32. The van der Waals surface area contributed by atoms with E-state index in [9.17, 15) is 5.11 Å². The number of guanidine groups is 1. The number of rotatable bonds is 5. The van der Waals surface area contributed by atoms with Crippen LogP contribution >= 0.6 is 24.0 Å². The third kappa shape index (κ3) is 5.19. The molecule has 1 saturated heterocycles. The SMILES string of the molecule is CCNC(=NCC1(O)CCC1)NC1CCN(C2CCCC2)C1.I. The van der Waals surface area contributed by atoms with E-state index in [1.807, 2.05) is 0 Å². The molecule has 6 heteroatoms. The molecule has 1 aliphatic heterocycles. The summed E-state index contributed by atoms with van der Waals surface area (Å²) in [6.07, 6.45) is 9.70. The lowest BCUT2D eigenvalue weighted by atomic mass is 9.80. The Kier molecular flexibility index (Phi) is 7.41. The normalized spacial score (nSPS) is 28.3. The van der Waals surface area contributed by atoms with E-state index in [-0.39, 0.29) is 24.0 Å². The topological polar surface area (TPSA) is 59.9 Å². The van der Waals surface area contributed by atoms with Crippen LogP contribution in [0.1, 0.15) is 58.3 Å². The summed E-state index contributed by atoms with van der Waals surface area (Å²) < 4.78 is 0. The summed E-state index contributed by atoms with van der Waals surface area (Å²) in [4.78, 5) is 7.28. The second-order valence-electron chi connectivity index (χ2n) is 7.34. The number of halogens is 1. The van der Waals surface area contributed by atoms with E-state index >= 15 is 0 Å². The van der Waals surface area contributed by atoms with Crippen molar-refractivity contribution in [3.63, 3.8) is 0 Å². The zero-order chi connectivity index (χ0) is 15.4. The first-order chi connectivity index (χ1) is 10.7. The van der Waals surface area contributed by atoms with Crippen molar-refractivity contribution in [3.8, 4) is 0 Å². The third-order valence-electron chi connectivity index (χ3n) is 5.56. The molecule has 0 aromatic carbocycles. The largest absolute Gasteiger partial charge is 0.388 e. The fourth-order valence-electron chi connectivity index (χ4n) is 3.99. The first kappa shape index (κ1) is 19.2. The van der Waals surface area contributed by atoms with Crippen LogP contribution in [0, 0.1) is 0 Å². The average Bonchev–Trinajstić information content (AvgIpc) is 3.13. The van der Waals surface area contributed by atoms with Crippen LogP contribution in [-0.4, -0.2) is 59.8 Å². The first-order valence-corrected chi connectivity index (χ1v) is 9.20. The van der Waals surface area contributed by atoms with Gasteiger partial charge in [-0.15, -0.1) is 24.0 Å². The van der Waals surface area contributed by atoms with Gasteiger partial charge in [0.1, 0.15) is 0 Å². The summed E-state index contributed by atoms with van der Waals surface area (Å²) in [6.45, 7) is 5.84. The summed E-state index contributed by atoms with van der Waals surface area (Å²) >= 11 is 0. The van der Waals surface area contributed by atoms with E-state index in [4.69, 9.17) is 0 Å². The molecule has 3 fully saturated rings. The molecule has 5 nitrogen and oxygen atoms in total. The van der Waals surface area contributed by atoms with Gasteiger partial charge in [-0.25, -0.2) is 0 Å². The Morgan fingerprint density at radius 1 is 1.22 bits per heavy atom. The predicted molar refractivity (Wildman–Crippen MR) is 106 cm³/mol. The molecule has 0 aromatic heterocycles. The van der Waals surface area contributed by atoms with Gasteiger partial charge in [0.05, 0.1) is 12.1 Å². The number of likely N-dealkylation sites (tertiary alicyclic amines) is 1. The Morgan fingerprint density at radius 2 is 1.96 bits per heavy atom. The molecule has 2 saturated carbocycles. The van der Waals surface area contributed by atoms with Crippen molar-refractivity contribution >= 4 is 29.9 Å². The van der Waals surface area contributed by atoms with Crippen LogP contribution in [0.5, 0.6) is 0 Å². The van der Waals surface area contributed by atoms with E-state index in [1.165, 1.54) is 38.6 Å². The molecule has 2 aliphatic carbocycles. The molecule has 1 atom stereocenters. The summed E-state index contributed by atoms with van der Waals surface area (Å²) in [5.41, 5.74) is -0.534. The monoisotopic (exact) mass is 436 g/mol. The maximum absolute atomic E-state index is 10.2. The lowest BCUT2D eigenvalue weighted by Crippen LogP contribution is -2.47. The van der Waals surface area contributed by atoms with Gasteiger partial charge in [0.2, 0.25) is 0 Å². The predicted octanol–water partition coefficient (Wildman–Crippen LogP) is 2.09. The maximum atomic E-state index is 10.2. The molecule has 1 unspecified atom stereocenters. The molecule has 0 bridgehead atoms. The molecule has 3 N–H and O–H groups in total. The van der Waals surface area contributed by atoms with Gasteiger partial charge in [-0.1, -0.05) is 12.8 Å². The van der Waals surface area contributed by atoms with Gasteiger partial charge < -0.3 is 15.7 Å². The minimum atomic E-state index is -0.534. The Morgan fingerprint density at radius 3 is 2.57 bits per heavy atom. The fourth-order valence-corrected chi connectivity index (χ4v) is 3.99. The van der Waals surface area contributed by atoms with Gasteiger partial charge in [0, 0.05) is 31.7 Å². The molecule has 134 valence electrons. The van der Waals surface area contributed by atoms with E-state index in [1.54, 1.807) is 0 Å². The van der Waals surface area contributed by atoms with Gasteiger partial charge in [0.25, 0.3) is 0 Å². The highest BCUT2D eigenvalue weighted by Crippen LogP contribution is 2.31. The Hall–Kier alpha value is -0.0800. The van der Waals surface area contributed by atoms with Crippen LogP contribution in [-0.2, 0) is 0 Å². The molecule has 1 heterocycles. The van der Waals surface area contributed by atoms with Gasteiger partial charge >= 0.3 is 0 Å². The highest BCUT2D eigenvalue weighted by molar-refractivity contribution is 14.0. The fraction of sp³-hybridized carbons (Fsp3) is 0.941. The second-order valence-corrected chi connectivity index (χ2v) is 7.34. The third-order valence-corrected chi connectivity index (χ3v) is 5.56. The van der Waals surface area contributed by atoms with Gasteiger partial charge in [-0.3, -0.25) is 9.89 Å². The Balaban J connectivity index is 0.00000192. The first-order valence-electron chi connectivity index (χ1n) is 9.20. The van der Waals surface area contributed by atoms with Gasteiger partial charge in [0.15, 0.2) is 5.96 Å². The van der Waals surface area contributed by atoms with Crippen molar-refractivity contribution in [3.05, 3.63) is 0 Å². The minimum Gasteiger partial charge on any atom is -0.388 e. The van der Waals surface area contributed by atoms with Crippen molar-refractivity contribution in [1.29, 1.82) is 0 Å². The highest BCUT2D eigenvalue weighted by atomic mass is 127. The standard InChI is InChI=1S/C17H32N4O.HI/c1-2-18-16(19-13-17(22)9-5-10-17)20-14-8-11-21(12-14)15-6-3-4-7-15;/h14-15,22H,2-13H2,1H3,(H2,18,19,20);1H. The van der Waals surface area contributed by atoms with Crippen molar-refractivity contribution in [2.45, 2.75) is 76.0 Å². The second kappa shape index (κ2) is 8.85. The quantitative estimate of drug-likeness (QED) is 0.351. The summed E-state index contributed by atoms with van der Waals surface area (Å²) in [5.74, 6) is 0.876. The lowest BCUT2D eigenvalue weighted by molar-refractivity contribution is -0.0236. The Labute approximate surface area is 157 Å². The average molecular weight is 436 g/mol. The van der Waals surface area contributed by atoms with Crippen LogP contribution in [0.4, 0.5) is 0 Å². The molecule has 3 rings (SSSR count). The number of nitrogens with one attached hydrogen (secondary N) is 2. The van der Waals surface area contributed by atoms with Crippen LogP contribution in [0.15, 0.2) is 4.99 Å². The highest BCUT2D eigenvalue weighted by Gasteiger charge is 2.34. The van der Waals surface area contributed by atoms with Crippen LogP contribution < -0.4 is 10.6 Å². The van der Waals surface area contributed by atoms with Crippen LogP contribution in [0.3, 0.4) is 0 Å². The van der Waals surface area contributed by atoms with Crippen molar-refractivity contribution < 1.29 is 5.11 Å². The number of aliphatic imine (C=N–C) groups is 1. The maximum Gasteiger partial charge on any atom is 0.191 e. The van der Waals surface area contributed by atoms with E-state index in [2.05, 4.69) is 27.4 Å². The summed E-state index contributed by atoms with van der Waals surface area (Å²) in [7, 11) is 0. The van der Waals surface area contributed by atoms with E-state index in [0.29, 0.717) is 12.6 Å². The molecule has 3 aliphatic rings. The number of hydrogen-bond donors (Lipinski definition) is 3.